The van der Waals surface area contributed by atoms with Gasteiger partial charge in [-0.05, 0) is 36.6 Å². The molecule has 1 aromatic carbocycles. The van der Waals surface area contributed by atoms with Crippen LogP contribution >= 0.6 is 15.9 Å². The van der Waals surface area contributed by atoms with Crippen molar-refractivity contribution in [2.45, 2.75) is 12.3 Å². The van der Waals surface area contributed by atoms with Crippen LogP contribution in [0.1, 0.15) is 23.5 Å². The zero-order valence-corrected chi connectivity index (χ0v) is 9.34. The van der Waals surface area contributed by atoms with Gasteiger partial charge in [0.1, 0.15) is 0 Å². The van der Waals surface area contributed by atoms with E-state index in [9.17, 15) is 0 Å². The molecule has 1 aliphatic heterocycles. The van der Waals surface area contributed by atoms with Gasteiger partial charge in [0, 0.05) is 11.0 Å². The molecule has 1 unspecified atom stereocenters. The SMILES string of the molecule is N#Cc1ccc(C2CCNC2)c(Br)c1. The number of benzene rings is 1. The number of rotatable bonds is 1. The molecule has 0 saturated carbocycles. The average Bonchev–Trinajstić information content (AvgIpc) is 2.70. The lowest BCUT2D eigenvalue weighted by molar-refractivity contribution is 0.759. The second kappa shape index (κ2) is 4.12. The van der Waals surface area contributed by atoms with Crippen LogP contribution < -0.4 is 5.32 Å². The Balaban J connectivity index is 2.30. The lowest BCUT2D eigenvalue weighted by atomic mass is 9.97. The Kier molecular flexibility index (Phi) is 2.85. The molecule has 1 saturated heterocycles. The molecule has 1 N–H and O–H groups in total. The molecular weight excluding hydrogens is 240 g/mol. The number of nitrogens with zero attached hydrogens (tertiary/aromatic N) is 1. The van der Waals surface area contributed by atoms with Crippen LogP contribution in [-0.4, -0.2) is 13.1 Å². The highest BCUT2D eigenvalue weighted by Gasteiger charge is 2.18. The van der Waals surface area contributed by atoms with Crippen LogP contribution in [0.25, 0.3) is 0 Å². The third kappa shape index (κ3) is 1.82. The van der Waals surface area contributed by atoms with Gasteiger partial charge in [-0.3, -0.25) is 0 Å². The Bertz CT molecular complexity index is 375. The molecule has 72 valence electrons. The Morgan fingerprint density at radius 1 is 1.50 bits per heavy atom. The molecular formula is C11H11BrN2. The molecule has 0 aliphatic carbocycles. The smallest absolute Gasteiger partial charge is 0.0992 e. The fraction of sp³-hybridized carbons (Fsp3) is 0.364. The highest BCUT2D eigenvalue weighted by molar-refractivity contribution is 9.10. The molecule has 2 rings (SSSR count). The summed E-state index contributed by atoms with van der Waals surface area (Å²) in [6.45, 7) is 2.14. The molecule has 1 aromatic rings. The van der Waals surface area contributed by atoms with Crippen molar-refractivity contribution in [2.75, 3.05) is 13.1 Å². The van der Waals surface area contributed by atoms with E-state index in [4.69, 9.17) is 5.26 Å². The maximum atomic E-state index is 8.74. The Morgan fingerprint density at radius 2 is 2.36 bits per heavy atom. The van der Waals surface area contributed by atoms with Crippen LogP contribution in [0.3, 0.4) is 0 Å². The van der Waals surface area contributed by atoms with Crippen LogP contribution in [0.15, 0.2) is 22.7 Å². The average molecular weight is 251 g/mol. The fourth-order valence-corrected chi connectivity index (χ4v) is 2.55. The molecule has 0 bridgehead atoms. The number of halogens is 1. The number of nitrogens with one attached hydrogen (secondary N) is 1. The summed E-state index contributed by atoms with van der Waals surface area (Å²) in [6.07, 6.45) is 1.19. The number of nitriles is 1. The van der Waals surface area contributed by atoms with Gasteiger partial charge in [0.15, 0.2) is 0 Å². The minimum absolute atomic E-state index is 0.595. The first kappa shape index (κ1) is 9.70. The van der Waals surface area contributed by atoms with E-state index in [1.807, 2.05) is 12.1 Å². The summed E-state index contributed by atoms with van der Waals surface area (Å²) < 4.78 is 1.06. The van der Waals surface area contributed by atoms with Crippen LogP contribution in [0, 0.1) is 11.3 Å². The second-order valence-corrected chi connectivity index (χ2v) is 4.39. The third-order valence-electron chi connectivity index (χ3n) is 2.63. The van der Waals surface area contributed by atoms with Crippen molar-refractivity contribution < 1.29 is 0 Å². The molecule has 2 nitrogen and oxygen atoms in total. The van der Waals surface area contributed by atoms with Crippen LogP contribution in [-0.2, 0) is 0 Å². The normalized spacial score (nSPS) is 20.7. The van der Waals surface area contributed by atoms with Crippen molar-refractivity contribution in [3.05, 3.63) is 33.8 Å². The monoisotopic (exact) mass is 250 g/mol. The van der Waals surface area contributed by atoms with Crippen molar-refractivity contribution in [1.82, 2.24) is 5.32 Å². The van der Waals surface area contributed by atoms with Crippen molar-refractivity contribution in [1.29, 1.82) is 5.26 Å². The summed E-state index contributed by atoms with van der Waals surface area (Å²) >= 11 is 3.52. The quantitative estimate of drug-likeness (QED) is 0.831. The van der Waals surface area contributed by atoms with Crippen molar-refractivity contribution in [3.8, 4) is 6.07 Å². The first-order valence-electron chi connectivity index (χ1n) is 4.71. The van der Waals surface area contributed by atoms with E-state index in [0.717, 1.165) is 17.6 Å². The van der Waals surface area contributed by atoms with E-state index in [1.54, 1.807) is 0 Å². The molecule has 1 fully saturated rings. The van der Waals surface area contributed by atoms with E-state index in [1.165, 1.54) is 12.0 Å². The van der Waals surface area contributed by atoms with Crippen LogP contribution in [0.4, 0.5) is 0 Å². The van der Waals surface area contributed by atoms with Gasteiger partial charge in [-0.1, -0.05) is 22.0 Å². The zero-order chi connectivity index (χ0) is 9.97. The summed E-state index contributed by atoms with van der Waals surface area (Å²) in [7, 11) is 0. The van der Waals surface area contributed by atoms with Gasteiger partial charge < -0.3 is 5.32 Å². The molecule has 1 heterocycles. The van der Waals surface area contributed by atoms with Crippen LogP contribution in [0.2, 0.25) is 0 Å². The fourth-order valence-electron chi connectivity index (χ4n) is 1.85. The van der Waals surface area contributed by atoms with Gasteiger partial charge >= 0.3 is 0 Å². The predicted molar refractivity (Wildman–Crippen MR) is 59.1 cm³/mol. The largest absolute Gasteiger partial charge is 0.316 e. The van der Waals surface area contributed by atoms with E-state index >= 15 is 0 Å². The predicted octanol–water partition coefficient (Wildman–Crippen LogP) is 2.40. The second-order valence-electron chi connectivity index (χ2n) is 3.54. The van der Waals surface area contributed by atoms with Gasteiger partial charge in [0.2, 0.25) is 0 Å². The number of hydrogen-bond donors (Lipinski definition) is 1. The lowest BCUT2D eigenvalue weighted by Gasteiger charge is -2.10. The van der Waals surface area contributed by atoms with Gasteiger partial charge in [-0.25, -0.2) is 0 Å². The molecule has 0 radical (unpaired) electrons. The summed E-state index contributed by atoms with van der Waals surface area (Å²) in [4.78, 5) is 0. The van der Waals surface area contributed by atoms with Crippen molar-refractivity contribution in [3.63, 3.8) is 0 Å². The molecule has 1 aliphatic rings. The topological polar surface area (TPSA) is 35.8 Å². The molecule has 0 amide bonds. The van der Waals surface area contributed by atoms with E-state index < -0.39 is 0 Å². The molecule has 3 heteroatoms. The summed E-state index contributed by atoms with van der Waals surface area (Å²) in [6, 6.07) is 7.98. The highest BCUT2D eigenvalue weighted by Crippen LogP contribution is 2.29. The first-order chi connectivity index (χ1) is 6.81. The van der Waals surface area contributed by atoms with Crippen molar-refractivity contribution >= 4 is 15.9 Å². The van der Waals surface area contributed by atoms with Crippen molar-refractivity contribution in [2.24, 2.45) is 0 Å². The zero-order valence-electron chi connectivity index (χ0n) is 7.76. The van der Waals surface area contributed by atoms with E-state index in [-0.39, 0.29) is 0 Å². The molecule has 0 spiro atoms. The highest BCUT2D eigenvalue weighted by atomic mass is 79.9. The van der Waals surface area contributed by atoms with Gasteiger partial charge in [0.25, 0.3) is 0 Å². The minimum atomic E-state index is 0.595. The van der Waals surface area contributed by atoms with E-state index in [0.29, 0.717) is 11.5 Å². The number of hydrogen-bond acceptors (Lipinski definition) is 2. The Labute approximate surface area is 92.1 Å². The van der Waals surface area contributed by atoms with Crippen LogP contribution in [0.5, 0.6) is 0 Å². The lowest BCUT2D eigenvalue weighted by Crippen LogP contribution is -2.08. The Hall–Kier alpha value is -0.850. The first-order valence-corrected chi connectivity index (χ1v) is 5.51. The third-order valence-corrected chi connectivity index (χ3v) is 3.32. The standard InChI is InChI=1S/C11H11BrN2/c12-11-5-8(6-13)1-2-10(11)9-3-4-14-7-9/h1-2,5,9,14H,3-4,7H2. The summed E-state index contributed by atoms with van der Waals surface area (Å²) in [5.41, 5.74) is 2.03. The molecule has 1 atom stereocenters. The van der Waals surface area contributed by atoms with Gasteiger partial charge in [-0.2, -0.15) is 5.26 Å². The molecule has 14 heavy (non-hydrogen) atoms. The molecule has 0 aromatic heterocycles. The van der Waals surface area contributed by atoms with Gasteiger partial charge in [-0.15, -0.1) is 0 Å². The maximum Gasteiger partial charge on any atom is 0.0992 e. The summed E-state index contributed by atoms with van der Waals surface area (Å²) in [5, 5.41) is 12.1. The summed E-state index contributed by atoms with van der Waals surface area (Å²) in [5.74, 6) is 0.595. The maximum absolute atomic E-state index is 8.74. The minimum Gasteiger partial charge on any atom is -0.316 e. The van der Waals surface area contributed by atoms with Gasteiger partial charge in [0.05, 0.1) is 11.6 Å². The van der Waals surface area contributed by atoms with E-state index in [2.05, 4.69) is 33.4 Å². The Morgan fingerprint density at radius 3 is 2.93 bits per heavy atom.